The molecule has 0 aliphatic heterocycles. The Morgan fingerprint density at radius 3 is 1.04 bits per heavy atom. The highest BCUT2D eigenvalue weighted by Crippen LogP contribution is 2.68. The van der Waals surface area contributed by atoms with Gasteiger partial charge in [-0.1, -0.05) is 271 Å². The molecule has 5 aliphatic carbocycles. The lowest BCUT2D eigenvalue weighted by Gasteiger charge is -2.44. The number of hydrogen-bond acceptors (Lipinski definition) is 0. The van der Waals surface area contributed by atoms with E-state index in [1.165, 1.54) is 177 Å². The Hall–Kier alpha value is -9.76. The van der Waals surface area contributed by atoms with Crippen LogP contribution in [0.15, 0.2) is 243 Å². The number of hydrogen-bond donors (Lipinski definition) is 2. The van der Waals surface area contributed by atoms with E-state index in [1.54, 1.807) is 0 Å². The van der Waals surface area contributed by atoms with Crippen molar-refractivity contribution < 1.29 is 0 Å². The molecule has 1 atom stereocenters. The average Bonchev–Trinajstić information content (AvgIpc) is 1.51. The molecule has 1 spiro atoms. The fraction of sp³-hybridized carbons (Fsp3) is 0.217. The van der Waals surface area contributed by atoms with Crippen molar-refractivity contribution in [3.05, 3.63) is 309 Å². The third kappa shape index (κ3) is 6.49. The minimum absolute atomic E-state index is 0.000606. The second-order valence-corrected chi connectivity index (χ2v) is 31.7. The van der Waals surface area contributed by atoms with Gasteiger partial charge in [-0.15, -0.1) is 0 Å². The SMILES string of the molecule is CC1(C)c2cc3[nH]c4ccc(-c5ccc6c(c5)C(c5ccccc5)(c5ccccc5)c5cccc(-c7cccc8c7-c7ccccc7C87c8ccccc8-c8c(-c9ccc%10[nH]c%11cc%12c(cc%11c%10c9)C(C)(C)C(C)(C)C%12(C)C)cccc87)c5-6)cc4c3cc2C(C)(C)C1(C)C. The van der Waals surface area contributed by atoms with Crippen LogP contribution in [0.25, 0.3) is 110 Å². The van der Waals surface area contributed by atoms with E-state index in [9.17, 15) is 0 Å². The van der Waals surface area contributed by atoms with Crippen molar-refractivity contribution in [2.75, 3.05) is 0 Å². The molecule has 94 heavy (non-hydrogen) atoms. The first-order valence-electron chi connectivity index (χ1n) is 34.2. The lowest BCUT2D eigenvalue weighted by molar-refractivity contribution is 0.125. The maximum atomic E-state index is 3.90. The molecule has 0 bridgehead atoms. The summed E-state index contributed by atoms with van der Waals surface area (Å²) in [5.41, 5.74) is 35.3. The number of aromatic amines is 2. The van der Waals surface area contributed by atoms with Crippen molar-refractivity contribution in [2.45, 2.75) is 116 Å². The van der Waals surface area contributed by atoms with E-state index in [0.717, 1.165) is 0 Å². The molecule has 1 unspecified atom stereocenters. The summed E-state index contributed by atoms with van der Waals surface area (Å²) in [5, 5.41) is 5.14. The van der Waals surface area contributed by atoms with Crippen molar-refractivity contribution >= 4 is 43.6 Å². The van der Waals surface area contributed by atoms with E-state index >= 15 is 0 Å². The van der Waals surface area contributed by atoms with Gasteiger partial charge in [0, 0.05) is 43.6 Å². The monoisotopic (exact) mass is 1210 g/mol. The Balaban J connectivity index is 0.808. The van der Waals surface area contributed by atoms with Crippen LogP contribution >= 0.6 is 0 Å². The predicted octanol–water partition coefficient (Wildman–Crippen LogP) is 23.9. The summed E-state index contributed by atoms with van der Waals surface area (Å²) in [6.45, 7) is 29.4. The van der Waals surface area contributed by atoms with E-state index in [2.05, 4.69) is 336 Å². The number of fused-ring (bicyclic) bond motifs is 21. The van der Waals surface area contributed by atoms with Crippen LogP contribution in [0.2, 0.25) is 0 Å². The van der Waals surface area contributed by atoms with Gasteiger partial charge in [0.2, 0.25) is 0 Å². The average molecular weight is 1210 g/mol. The number of rotatable bonds is 5. The van der Waals surface area contributed by atoms with Gasteiger partial charge in [-0.05, 0) is 221 Å². The molecule has 2 heterocycles. The van der Waals surface area contributed by atoms with Crippen molar-refractivity contribution in [2.24, 2.45) is 10.8 Å². The van der Waals surface area contributed by atoms with Crippen LogP contribution in [0.5, 0.6) is 0 Å². The second kappa shape index (κ2) is 18.1. The van der Waals surface area contributed by atoms with Gasteiger partial charge >= 0.3 is 0 Å². The minimum Gasteiger partial charge on any atom is -0.355 e. The maximum Gasteiger partial charge on any atom is 0.0725 e. The first-order valence-corrected chi connectivity index (χ1v) is 34.2. The van der Waals surface area contributed by atoms with Crippen molar-refractivity contribution in [1.82, 2.24) is 9.97 Å². The Bertz CT molecular complexity index is 5630. The fourth-order valence-corrected chi connectivity index (χ4v) is 19.9. The van der Waals surface area contributed by atoms with Gasteiger partial charge in [0.1, 0.15) is 0 Å². The highest BCUT2D eigenvalue weighted by atomic mass is 14.7. The van der Waals surface area contributed by atoms with Gasteiger partial charge in [-0.2, -0.15) is 0 Å². The Labute approximate surface area is 552 Å². The van der Waals surface area contributed by atoms with Crippen LogP contribution in [0, 0.1) is 10.8 Å². The molecular formula is C92H78N2. The van der Waals surface area contributed by atoms with Crippen LogP contribution in [0.4, 0.5) is 0 Å². The first-order chi connectivity index (χ1) is 45.1. The quantitative estimate of drug-likeness (QED) is 0.172. The highest BCUT2D eigenvalue weighted by Gasteiger charge is 2.59. The lowest BCUT2D eigenvalue weighted by atomic mass is 9.59. The van der Waals surface area contributed by atoms with E-state index in [-0.39, 0.29) is 32.5 Å². The molecule has 0 saturated carbocycles. The molecule has 2 nitrogen and oxygen atoms in total. The number of H-pyrrole nitrogens is 2. The molecule has 12 aromatic carbocycles. The van der Waals surface area contributed by atoms with E-state index in [4.69, 9.17) is 0 Å². The molecule has 0 fully saturated rings. The Kier molecular flexibility index (Phi) is 10.8. The van der Waals surface area contributed by atoms with Gasteiger partial charge in [0.15, 0.2) is 0 Å². The smallest absolute Gasteiger partial charge is 0.0725 e. The molecule has 19 rings (SSSR count). The molecule has 2 N–H and O–H groups in total. The maximum absolute atomic E-state index is 3.90. The zero-order valence-corrected chi connectivity index (χ0v) is 56.1. The first kappa shape index (κ1) is 55.8. The molecular weight excluding hydrogens is 1130 g/mol. The highest BCUT2D eigenvalue weighted by molar-refractivity contribution is 6.12. The van der Waals surface area contributed by atoms with Crippen LogP contribution in [0.3, 0.4) is 0 Å². The Morgan fingerprint density at radius 1 is 0.213 bits per heavy atom. The molecule has 2 aromatic heterocycles. The molecule has 5 aliphatic rings. The summed E-state index contributed by atoms with van der Waals surface area (Å²) in [6.07, 6.45) is 0. The molecule has 456 valence electrons. The number of benzene rings is 12. The normalized spacial score (nSPS) is 19.3. The van der Waals surface area contributed by atoms with Crippen LogP contribution in [-0.4, -0.2) is 9.97 Å². The van der Waals surface area contributed by atoms with Gasteiger partial charge in [-0.25, -0.2) is 0 Å². The summed E-state index contributed by atoms with van der Waals surface area (Å²) in [6, 6.07) is 94.7. The summed E-state index contributed by atoms with van der Waals surface area (Å²) < 4.78 is 0. The summed E-state index contributed by atoms with van der Waals surface area (Å²) in [5.74, 6) is 0. The summed E-state index contributed by atoms with van der Waals surface area (Å²) in [7, 11) is 0. The fourth-order valence-electron chi connectivity index (χ4n) is 19.9. The summed E-state index contributed by atoms with van der Waals surface area (Å²) >= 11 is 0. The largest absolute Gasteiger partial charge is 0.355 e. The third-order valence-electron chi connectivity index (χ3n) is 27.1. The number of aromatic nitrogens is 2. The molecule has 0 amide bonds. The van der Waals surface area contributed by atoms with Crippen molar-refractivity contribution in [3.8, 4) is 66.8 Å². The van der Waals surface area contributed by atoms with E-state index < -0.39 is 10.8 Å². The standard InChI is InChI=1S/C92H78N2/c1-85(2)74-49-66-64-46-53(41-44-78(64)93-80(66)51-76(74)87(5,6)89(85,9)10)54-40-43-63-73(48-54)91(56-26-15-13-16-27-56,57-28-17-14-18-29-57)70-37-24-33-60(84(63)70)59-34-25-39-72-83(59)62-31-20-22-36-69(62)92(72)68-35-21-19-30-61(68)82-58(32-23-38-71(82)92)55-42-45-79-65(47-55)67-50-75-77(52-81(67)94-79)88(7,8)90(11,12)86(75,3)4/h13-52,93-94H,1-12H3. The zero-order chi connectivity index (χ0) is 64.2. The van der Waals surface area contributed by atoms with Crippen LogP contribution in [-0.2, 0) is 32.5 Å². The van der Waals surface area contributed by atoms with E-state index in [0.29, 0.717) is 0 Å². The minimum atomic E-state index is -0.632. The summed E-state index contributed by atoms with van der Waals surface area (Å²) in [4.78, 5) is 7.79. The van der Waals surface area contributed by atoms with Gasteiger partial charge in [-0.3, -0.25) is 0 Å². The van der Waals surface area contributed by atoms with Crippen LogP contribution in [0.1, 0.15) is 150 Å². The predicted molar refractivity (Wildman–Crippen MR) is 395 cm³/mol. The van der Waals surface area contributed by atoms with Gasteiger partial charge < -0.3 is 9.97 Å². The van der Waals surface area contributed by atoms with Crippen LogP contribution < -0.4 is 0 Å². The lowest BCUT2D eigenvalue weighted by Crippen LogP contribution is -2.42. The van der Waals surface area contributed by atoms with E-state index in [1.807, 2.05) is 0 Å². The third-order valence-corrected chi connectivity index (χ3v) is 27.1. The molecule has 14 aromatic rings. The Morgan fingerprint density at radius 2 is 0.553 bits per heavy atom. The van der Waals surface area contributed by atoms with Gasteiger partial charge in [0.25, 0.3) is 0 Å². The zero-order valence-electron chi connectivity index (χ0n) is 56.1. The molecule has 0 radical (unpaired) electrons. The molecule has 2 heteroatoms. The number of nitrogens with one attached hydrogen (secondary N) is 2. The van der Waals surface area contributed by atoms with Crippen molar-refractivity contribution in [3.63, 3.8) is 0 Å². The topological polar surface area (TPSA) is 31.6 Å². The second-order valence-electron chi connectivity index (χ2n) is 31.7. The van der Waals surface area contributed by atoms with Crippen molar-refractivity contribution in [1.29, 1.82) is 0 Å². The van der Waals surface area contributed by atoms with Gasteiger partial charge in [0.05, 0.1) is 10.8 Å². The molecule has 0 saturated heterocycles.